The van der Waals surface area contributed by atoms with Gasteiger partial charge >= 0.3 is 6.09 Å². The predicted molar refractivity (Wildman–Crippen MR) is 72.4 cm³/mol. The summed E-state index contributed by atoms with van der Waals surface area (Å²) in [5, 5.41) is 0.622. The quantitative estimate of drug-likeness (QED) is 0.809. The molecule has 0 aliphatic carbocycles. The van der Waals surface area contributed by atoms with Gasteiger partial charge in [0, 0.05) is 5.02 Å². The monoisotopic (exact) mass is 261 g/mol. The second-order valence-electron chi connectivity index (χ2n) is 3.62. The van der Waals surface area contributed by atoms with Gasteiger partial charge < -0.3 is 4.74 Å². The normalized spacial score (nSPS) is 9.89. The smallest absolute Gasteiger partial charge is 0.418 e. The predicted octanol–water partition coefficient (Wildman–Crippen LogP) is 4.24. The van der Waals surface area contributed by atoms with Gasteiger partial charge in [-0.1, -0.05) is 29.8 Å². The zero-order chi connectivity index (χ0) is 13.0. The number of hydrogen-bond acceptors (Lipinski definition) is 2. The first-order valence-electron chi connectivity index (χ1n) is 5.41. The molecule has 0 aliphatic heterocycles. The van der Waals surface area contributed by atoms with E-state index >= 15 is 0 Å². The number of para-hydroxylation sites is 1. The van der Waals surface area contributed by atoms with Crippen LogP contribution in [0.1, 0.15) is 0 Å². The van der Waals surface area contributed by atoms with Gasteiger partial charge in [-0.3, -0.25) is 0 Å². The summed E-state index contributed by atoms with van der Waals surface area (Å²) in [6.07, 6.45) is -0.441. The van der Waals surface area contributed by atoms with Gasteiger partial charge in [-0.05, 0) is 36.4 Å². The lowest BCUT2D eigenvalue weighted by molar-refractivity contribution is 0.181. The third-order valence-electron chi connectivity index (χ3n) is 2.46. The molecule has 0 unspecified atom stereocenters. The van der Waals surface area contributed by atoms with E-state index in [4.69, 9.17) is 16.3 Å². The van der Waals surface area contributed by atoms with Crippen LogP contribution in [0.5, 0.6) is 0 Å². The van der Waals surface area contributed by atoms with Gasteiger partial charge in [-0.2, -0.15) is 0 Å². The Morgan fingerprint density at radius 2 is 1.56 bits per heavy atom. The number of benzene rings is 2. The van der Waals surface area contributed by atoms with Crippen molar-refractivity contribution in [3.63, 3.8) is 0 Å². The summed E-state index contributed by atoms with van der Waals surface area (Å²) in [6.45, 7) is 0. The fraction of sp³-hybridized carbons (Fsp3) is 0.0714. The van der Waals surface area contributed by atoms with Crippen LogP contribution < -0.4 is 4.90 Å². The number of ether oxygens (including phenoxy) is 1. The molecule has 0 atom stereocenters. The highest BCUT2D eigenvalue weighted by atomic mass is 35.5. The number of halogens is 1. The summed E-state index contributed by atoms with van der Waals surface area (Å²) in [4.78, 5) is 13.4. The molecule has 2 aromatic rings. The van der Waals surface area contributed by atoms with E-state index in [1.165, 1.54) is 12.0 Å². The largest absolute Gasteiger partial charge is 0.452 e. The highest BCUT2D eigenvalue weighted by molar-refractivity contribution is 6.30. The van der Waals surface area contributed by atoms with E-state index in [9.17, 15) is 4.79 Å². The lowest BCUT2D eigenvalue weighted by Crippen LogP contribution is -2.25. The van der Waals surface area contributed by atoms with E-state index in [1.54, 1.807) is 24.3 Å². The van der Waals surface area contributed by atoms with Gasteiger partial charge in [-0.15, -0.1) is 0 Å². The molecule has 0 aliphatic rings. The molecular weight excluding hydrogens is 250 g/mol. The second-order valence-corrected chi connectivity index (χ2v) is 4.05. The van der Waals surface area contributed by atoms with Crippen LogP contribution in [0.15, 0.2) is 54.6 Å². The van der Waals surface area contributed by atoms with Crippen LogP contribution >= 0.6 is 11.6 Å². The maximum atomic E-state index is 11.9. The van der Waals surface area contributed by atoms with E-state index in [1.807, 2.05) is 30.3 Å². The molecular formula is C14H12ClNO2. The molecule has 0 heterocycles. The Morgan fingerprint density at radius 1 is 1.00 bits per heavy atom. The first kappa shape index (κ1) is 12.5. The van der Waals surface area contributed by atoms with Crippen LogP contribution in [-0.2, 0) is 4.74 Å². The van der Waals surface area contributed by atoms with Crippen molar-refractivity contribution in [2.24, 2.45) is 0 Å². The molecule has 0 saturated carbocycles. The Bertz CT molecular complexity index is 525. The van der Waals surface area contributed by atoms with E-state index < -0.39 is 6.09 Å². The zero-order valence-corrected chi connectivity index (χ0v) is 10.6. The van der Waals surface area contributed by atoms with Gasteiger partial charge in [0.1, 0.15) is 0 Å². The lowest BCUT2D eigenvalue weighted by Gasteiger charge is -2.21. The maximum absolute atomic E-state index is 11.9. The van der Waals surface area contributed by atoms with Crippen LogP contribution in [0.25, 0.3) is 0 Å². The average molecular weight is 262 g/mol. The molecule has 2 rings (SSSR count). The summed E-state index contributed by atoms with van der Waals surface area (Å²) < 4.78 is 4.81. The van der Waals surface area contributed by atoms with E-state index in [0.29, 0.717) is 10.7 Å². The summed E-state index contributed by atoms with van der Waals surface area (Å²) in [5.74, 6) is 0. The molecule has 4 heteroatoms. The molecule has 2 aromatic carbocycles. The molecule has 92 valence electrons. The number of rotatable bonds is 2. The average Bonchev–Trinajstić information content (AvgIpc) is 2.42. The van der Waals surface area contributed by atoms with Crippen molar-refractivity contribution in [3.05, 3.63) is 59.6 Å². The van der Waals surface area contributed by atoms with Crippen molar-refractivity contribution in [3.8, 4) is 0 Å². The first-order valence-corrected chi connectivity index (χ1v) is 5.79. The minimum atomic E-state index is -0.441. The minimum Gasteiger partial charge on any atom is -0.452 e. The topological polar surface area (TPSA) is 29.5 Å². The number of amides is 1. The minimum absolute atomic E-state index is 0.441. The molecule has 1 amide bonds. The standard InChI is InChI=1S/C14H12ClNO2/c1-18-14(17)16(12-5-3-2-4-6-12)13-9-7-11(15)8-10-13/h2-10H,1H3. The Hall–Kier alpha value is -2.00. The number of carbonyl (C=O) groups is 1. The van der Waals surface area contributed by atoms with Gasteiger partial charge in [-0.25, -0.2) is 9.69 Å². The number of hydrogen-bond donors (Lipinski definition) is 0. The summed E-state index contributed by atoms with van der Waals surface area (Å²) >= 11 is 5.84. The molecule has 18 heavy (non-hydrogen) atoms. The summed E-state index contributed by atoms with van der Waals surface area (Å²) in [7, 11) is 1.36. The van der Waals surface area contributed by atoms with Crippen LogP contribution in [0, 0.1) is 0 Å². The zero-order valence-electron chi connectivity index (χ0n) is 9.84. The fourth-order valence-corrected chi connectivity index (χ4v) is 1.74. The van der Waals surface area contributed by atoms with Crippen molar-refractivity contribution >= 4 is 29.1 Å². The molecule has 0 fully saturated rings. The summed E-state index contributed by atoms with van der Waals surface area (Å²) in [6, 6.07) is 16.3. The van der Waals surface area contributed by atoms with Crippen molar-refractivity contribution in [2.75, 3.05) is 12.0 Å². The van der Waals surface area contributed by atoms with Gasteiger partial charge in [0.2, 0.25) is 0 Å². The molecule has 0 bridgehead atoms. The molecule has 0 radical (unpaired) electrons. The Balaban J connectivity index is 2.43. The highest BCUT2D eigenvalue weighted by Gasteiger charge is 2.17. The first-order chi connectivity index (χ1) is 8.72. The molecule has 0 N–H and O–H groups in total. The summed E-state index contributed by atoms with van der Waals surface area (Å²) in [5.41, 5.74) is 1.45. The Labute approximate surface area is 111 Å². The maximum Gasteiger partial charge on any atom is 0.418 e. The van der Waals surface area contributed by atoms with Crippen molar-refractivity contribution in [1.82, 2.24) is 0 Å². The fourth-order valence-electron chi connectivity index (χ4n) is 1.62. The van der Waals surface area contributed by atoms with E-state index in [2.05, 4.69) is 0 Å². The molecule has 0 aromatic heterocycles. The molecule has 0 saturated heterocycles. The highest BCUT2D eigenvalue weighted by Crippen LogP contribution is 2.27. The molecule has 0 spiro atoms. The number of carbonyl (C=O) groups excluding carboxylic acids is 1. The third-order valence-corrected chi connectivity index (χ3v) is 2.71. The van der Waals surface area contributed by atoms with Crippen LogP contribution in [0.4, 0.5) is 16.2 Å². The van der Waals surface area contributed by atoms with Crippen LogP contribution in [0.2, 0.25) is 5.02 Å². The van der Waals surface area contributed by atoms with Gasteiger partial charge in [0.15, 0.2) is 0 Å². The number of nitrogens with zero attached hydrogens (tertiary/aromatic N) is 1. The lowest BCUT2D eigenvalue weighted by atomic mass is 10.2. The number of anilines is 2. The van der Waals surface area contributed by atoms with Crippen LogP contribution in [0.3, 0.4) is 0 Å². The van der Waals surface area contributed by atoms with E-state index in [-0.39, 0.29) is 0 Å². The van der Waals surface area contributed by atoms with Crippen molar-refractivity contribution < 1.29 is 9.53 Å². The Morgan fingerprint density at radius 3 is 2.11 bits per heavy atom. The van der Waals surface area contributed by atoms with Crippen LogP contribution in [-0.4, -0.2) is 13.2 Å². The van der Waals surface area contributed by atoms with Crippen molar-refractivity contribution in [2.45, 2.75) is 0 Å². The Kier molecular flexibility index (Phi) is 3.85. The number of methoxy groups -OCH3 is 1. The SMILES string of the molecule is COC(=O)N(c1ccccc1)c1ccc(Cl)cc1. The van der Waals surface area contributed by atoms with Gasteiger partial charge in [0.25, 0.3) is 0 Å². The van der Waals surface area contributed by atoms with Gasteiger partial charge in [0.05, 0.1) is 18.5 Å². The van der Waals surface area contributed by atoms with Crippen molar-refractivity contribution in [1.29, 1.82) is 0 Å². The van der Waals surface area contributed by atoms with E-state index in [0.717, 1.165) is 5.69 Å². The second kappa shape index (κ2) is 5.56. The molecule has 3 nitrogen and oxygen atoms in total. The third kappa shape index (κ3) is 2.63.